The van der Waals surface area contributed by atoms with Crippen molar-refractivity contribution in [3.8, 4) is 39.9 Å². The Morgan fingerprint density at radius 3 is 1.76 bits per heavy atom. The monoisotopic (exact) mass is 524 g/mol. The quantitative estimate of drug-likeness (QED) is 0.231. The fourth-order valence-electron chi connectivity index (χ4n) is 5.72. The van der Waals surface area contributed by atoms with Crippen LogP contribution in [0.15, 0.2) is 146 Å². The average molecular weight is 525 g/mol. The van der Waals surface area contributed by atoms with Crippen LogP contribution in [0.2, 0.25) is 0 Å². The first-order chi connectivity index (χ1) is 20.3. The molecule has 0 saturated heterocycles. The second-order valence-electron chi connectivity index (χ2n) is 10.1. The number of fused-ring (bicyclic) bond motifs is 4. The van der Waals surface area contributed by atoms with Gasteiger partial charge in [-0.25, -0.2) is 4.98 Å². The van der Waals surface area contributed by atoms with E-state index in [9.17, 15) is 0 Å². The highest BCUT2D eigenvalue weighted by atomic mass is 15.2. The highest BCUT2D eigenvalue weighted by Gasteiger charge is 2.19. The molecule has 0 bridgehead atoms. The van der Waals surface area contributed by atoms with Crippen molar-refractivity contribution in [1.82, 2.24) is 19.5 Å². The highest BCUT2D eigenvalue weighted by Crippen LogP contribution is 2.36. The molecule has 0 amide bonds. The number of para-hydroxylation sites is 1. The van der Waals surface area contributed by atoms with Crippen molar-refractivity contribution >= 4 is 32.6 Å². The molecule has 0 unspecified atom stereocenters. The minimum Gasteiger partial charge on any atom is -0.278 e. The summed E-state index contributed by atoms with van der Waals surface area (Å²) in [5.74, 6) is 1.87. The maximum atomic E-state index is 5.18. The van der Waals surface area contributed by atoms with Gasteiger partial charge in [0.25, 0.3) is 0 Å². The maximum Gasteiger partial charge on any atom is 0.238 e. The van der Waals surface area contributed by atoms with Gasteiger partial charge in [0.05, 0.1) is 11.0 Å². The Labute approximate surface area is 237 Å². The summed E-state index contributed by atoms with van der Waals surface area (Å²) in [6.45, 7) is 0. The number of aromatic nitrogens is 4. The van der Waals surface area contributed by atoms with Crippen LogP contribution in [0.4, 0.5) is 0 Å². The molecule has 41 heavy (non-hydrogen) atoms. The van der Waals surface area contributed by atoms with Crippen LogP contribution in [-0.4, -0.2) is 19.5 Å². The van der Waals surface area contributed by atoms with Crippen molar-refractivity contribution in [1.29, 1.82) is 0 Å². The zero-order valence-corrected chi connectivity index (χ0v) is 22.1. The van der Waals surface area contributed by atoms with E-state index in [0.29, 0.717) is 17.6 Å². The van der Waals surface area contributed by atoms with E-state index in [1.54, 1.807) is 0 Å². The molecule has 8 rings (SSSR count). The van der Waals surface area contributed by atoms with Crippen molar-refractivity contribution in [2.24, 2.45) is 0 Å². The molecule has 4 heteroatoms. The topological polar surface area (TPSA) is 43.6 Å². The van der Waals surface area contributed by atoms with Gasteiger partial charge in [-0.1, -0.05) is 127 Å². The first-order valence-corrected chi connectivity index (χ1v) is 13.7. The summed E-state index contributed by atoms with van der Waals surface area (Å²) < 4.78 is 2.18. The molecular formula is C37H24N4. The van der Waals surface area contributed by atoms with Gasteiger partial charge < -0.3 is 0 Å². The molecule has 0 radical (unpaired) electrons. The van der Waals surface area contributed by atoms with Gasteiger partial charge in [0, 0.05) is 21.9 Å². The van der Waals surface area contributed by atoms with E-state index in [-0.39, 0.29) is 0 Å². The number of nitrogens with zero attached hydrogens (tertiary/aromatic N) is 4. The van der Waals surface area contributed by atoms with Gasteiger partial charge in [0.15, 0.2) is 11.6 Å². The van der Waals surface area contributed by atoms with Crippen LogP contribution in [-0.2, 0) is 0 Å². The van der Waals surface area contributed by atoms with E-state index in [4.69, 9.17) is 15.0 Å². The van der Waals surface area contributed by atoms with E-state index in [1.807, 2.05) is 42.5 Å². The summed E-state index contributed by atoms with van der Waals surface area (Å²) in [6, 6.07) is 50.3. The van der Waals surface area contributed by atoms with E-state index in [1.165, 1.54) is 21.5 Å². The van der Waals surface area contributed by atoms with E-state index >= 15 is 0 Å². The standard InChI is InChI=1S/C37H24N4/c1-3-13-25(14-4-1)29-19-9-10-21-31(29)36-38-35(26-15-5-2-6-16-26)39-37(40-36)41-33-22-12-11-20-30(33)32-23-27-17-7-8-18-28(27)24-34(32)41/h1-24H. The summed E-state index contributed by atoms with van der Waals surface area (Å²) in [5.41, 5.74) is 6.24. The molecule has 2 aromatic heterocycles. The Bertz CT molecular complexity index is 2200. The van der Waals surface area contributed by atoms with Crippen LogP contribution in [0, 0.1) is 0 Å². The van der Waals surface area contributed by atoms with Gasteiger partial charge in [0.1, 0.15) is 0 Å². The molecule has 4 nitrogen and oxygen atoms in total. The van der Waals surface area contributed by atoms with E-state index < -0.39 is 0 Å². The van der Waals surface area contributed by atoms with Gasteiger partial charge in [0.2, 0.25) is 5.95 Å². The predicted molar refractivity (Wildman–Crippen MR) is 168 cm³/mol. The Morgan fingerprint density at radius 1 is 0.390 bits per heavy atom. The second-order valence-corrected chi connectivity index (χ2v) is 10.1. The van der Waals surface area contributed by atoms with Crippen LogP contribution in [0.25, 0.3) is 72.4 Å². The molecular weight excluding hydrogens is 500 g/mol. The molecule has 0 aliphatic rings. The first-order valence-electron chi connectivity index (χ1n) is 13.7. The summed E-state index contributed by atoms with van der Waals surface area (Å²) in [7, 11) is 0. The lowest BCUT2D eigenvalue weighted by Gasteiger charge is -2.13. The van der Waals surface area contributed by atoms with Gasteiger partial charge in [-0.05, 0) is 40.1 Å². The minimum atomic E-state index is 0.596. The van der Waals surface area contributed by atoms with Crippen LogP contribution in [0.3, 0.4) is 0 Å². The molecule has 0 saturated carbocycles. The molecule has 2 heterocycles. The van der Waals surface area contributed by atoms with Crippen LogP contribution >= 0.6 is 0 Å². The zero-order valence-electron chi connectivity index (χ0n) is 22.1. The zero-order chi connectivity index (χ0) is 27.2. The van der Waals surface area contributed by atoms with Gasteiger partial charge in [-0.2, -0.15) is 9.97 Å². The fraction of sp³-hybridized carbons (Fsp3) is 0. The van der Waals surface area contributed by atoms with E-state index in [2.05, 4.69) is 108 Å². The summed E-state index contributed by atoms with van der Waals surface area (Å²) in [6.07, 6.45) is 0. The van der Waals surface area contributed by atoms with Gasteiger partial charge >= 0.3 is 0 Å². The normalized spacial score (nSPS) is 11.4. The Balaban J connectivity index is 1.46. The number of rotatable bonds is 4. The molecule has 192 valence electrons. The predicted octanol–water partition coefficient (Wildman–Crippen LogP) is 9.12. The Hall–Kier alpha value is -5.61. The molecule has 8 aromatic rings. The Kier molecular flexibility index (Phi) is 5.42. The molecule has 0 atom stereocenters. The SMILES string of the molecule is c1ccc(-c2nc(-c3ccccc3-c3ccccc3)nc(-n3c4ccccc4c4cc5ccccc5cc43)n2)cc1. The third kappa shape index (κ3) is 3.97. The molecule has 0 N–H and O–H groups in total. The van der Waals surface area contributed by atoms with Crippen molar-refractivity contribution < 1.29 is 0 Å². The van der Waals surface area contributed by atoms with Crippen molar-refractivity contribution in [2.45, 2.75) is 0 Å². The van der Waals surface area contributed by atoms with Gasteiger partial charge in [-0.15, -0.1) is 0 Å². The number of hydrogen-bond donors (Lipinski definition) is 0. The molecule has 0 spiro atoms. The number of hydrogen-bond acceptors (Lipinski definition) is 3. The lowest BCUT2D eigenvalue weighted by molar-refractivity contribution is 0.954. The maximum absolute atomic E-state index is 5.18. The van der Waals surface area contributed by atoms with Crippen molar-refractivity contribution in [2.75, 3.05) is 0 Å². The smallest absolute Gasteiger partial charge is 0.238 e. The first kappa shape index (κ1) is 23.3. The molecule has 0 aliphatic heterocycles. The molecule has 6 aromatic carbocycles. The minimum absolute atomic E-state index is 0.596. The lowest BCUT2D eigenvalue weighted by atomic mass is 9.99. The van der Waals surface area contributed by atoms with Crippen LogP contribution in [0.1, 0.15) is 0 Å². The third-order valence-electron chi connectivity index (χ3n) is 7.65. The number of benzene rings is 6. The van der Waals surface area contributed by atoms with Crippen LogP contribution < -0.4 is 0 Å². The second kappa shape index (κ2) is 9.54. The Morgan fingerprint density at radius 2 is 0.976 bits per heavy atom. The lowest BCUT2D eigenvalue weighted by Crippen LogP contribution is -2.06. The summed E-state index contributed by atoms with van der Waals surface area (Å²) in [4.78, 5) is 15.3. The largest absolute Gasteiger partial charge is 0.278 e. The average Bonchev–Trinajstić information content (AvgIpc) is 3.37. The summed E-state index contributed by atoms with van der Waals surface area (Å²) in [5, 5.41) is 4.73. The molecule has 0 fully saturated rings. The van der Waals surface area contributed by atoms with Crippen molar-refractivity contribution in [3.63, 3.8) is 0 Å². The molecule has 0 aliphatic carbocycles. The highest BCUT2D eigenvalue weighted by molar-refractivity contribution is 6.13. The third-order valence-corrected chi connectivity index (χ3v) is 7.65. The van der Waals surface area contributed by atoms with Gasteiger partial charge in [-0.3, -0.25) is 4.57 Å². The van der Waals surface area contributed by atoms with Crippen LogP contribution in [0.5, 0.6) is 0 Å². The van der Waals surface area contributed by atoms with Crippen molar-refractivity contribution in [3.05, 3.63) is 146 Å². The van der Waals surface area contributed by atoms with E-state index in [0.717, 1.165) is 33.3 Å². The fourth-order valence-corrected chi connectivity index (χ4v) is 5.72. The summed E-state index contributed by atoms with van der Waals surface area (Å²) >= 11 is 0.